The Bertz CT molecular complexity index is 1420. The Morgan fingerprint density at radius 2 is 2.11 bits per heavy atom. The van der Waals surface area contributed by atoms with Crippen molar-refractivity contribution in [3.05, 3.63) is 77.4 Å². The van der Waals surface area contributed by atoms with E-state index in [1.54, 1.807) is 30.0 Å². The molecule has 2 N–H and O–H groups in total. The molecular weight excluding hydrogens is 459 g/mol. The van der Waals surface area contributed by atoms with Crippen molar-refractivity contribution in [2.75, 3.05) is 11.9 Å². The summed E-state index contributed by atoms with van der Waals surface area (Å²) < 4.78 is 18.8. The highest BCUT2D eigenvalue weighted by molar-refractivity contribution is 6.04. The largest absolute Gasteiger partial charge is 0.396 e. The summed E-state index contributed by atoms with van der Waals surface area (Å²) in [4.78, 5) is 26.6. The maximum Gasteiger partial charge on any atom is 0.259 e. The second-order valence-electron chi connectivity index (χ2n) is 9.49. The molecule has 8 nitrogen and oxygen atoms in total. The minimum atomic E-state index is -0.605. The third kappa shape index (κ3) is 4.42. The van der Waals surface area contributed by atoms with E-state index in [1.807, 2.05) is 18.5 Å². The molecular formula is C27H29FN6O2. The normalized spacial score (nSPS) is 14.9. The first-order valence-electron chi connectivity index (χ1n) is 12.2. The number of aryl methyl sites for hydroxylation is 2. The molecule has 1 aliphatic heterocycles. The van der Waals surface area contributed by atoms with E-state index in [-0.39, 0.29) is 24.1 Å². The number of aliphatic hydroxyl groups excluding tert-OH is 1. The standard InChI is InChI=1S/C27H29FN6O2/c1-16(2)23-14-33(15-30-23)24-12-20(21(28)11-17(24)3)27(36)32-25-6-4-5-22(31-25)26-29-13-19-8-7-18(9-10-35)34(19)26/h4-6,11-16,18,35H,7-10H2,1-3H3,(H,31,32,36)/t18-/m1/s1. The summed E-state index contributed by atoms with van der Waals surface area (Å²) in [5, 5.41) is 12.2. The number of pyridine rings is 1. The molecule has 36 heavy (non-hydrogen) atoms. The third-order valence-electron chi connectivity index (χ3n) is 6.66. The van der Waals surface area contributed by atoms with E-state index in [0.717, 1.165) is 24.2 Å². The van der Waals surface area contributed by atoms with Gasteiger partial charge in [0.15, 0.2) is 5.82 Å². The number of benzene rings is 1. The molecule has 0 spiro atoms. The molecule has 1 aliphatic rings. The lowest BCUT2D eigenvalue weighted by Gasteiger charge is -2.15. The van der Waals surface area contributed by atoms with Crippen molar-refractivity contribution in [2.24, 2.45) is 0 Å². The van der Waals surface area contributed by atoms with Gasteiger partial charge in [-0.1, -0.05) is 19.9 Å². The molecule has 186 valence electrons. The van der Waals surface area contributed by atoms with E-state index in [2.05, 4.69) is 38.7 Å². The first kappa shape index (κ1) is 23.9. The topological polar surface area (TPSA) is 97.9 Å². The van der Waals surface area contributed by atoms with Crippen LogP contribution in [0.5, 0.6) is 0 Å². The monoisotopic (exact) mass is 488 g/mol. The van der Waals surface area contributed by atoms with E-state index in [1.165, 1.54) is 12.1 Å². The summed E-state index contributed by atoms with van der Waals surface area (Å²) in [5.41, 5.74) is 3.93. The van der Waals surface area contributed by atoms with Crippen molar-refractivity contribution in [3.63, 3.8) is 0 Å². The maximum atomic E-state index is 14.9. The molecule has 3 aromatic heterocycles. The highest BCUT2D eigenvalue weighted by Gasteiger charge is 2.26. The zero-order valence-corrected chi connectivity index (χ0v) is 20.6. The van der Waals surface area contributed by atoms with Crippen LogP contribution in [0.3, 0.4) is 0 Å². The molecule has 0 saturated heterocycles. The number of nitrogens with one attached hydrogen (secondary N) is 1. The van der Waals surface area contributed by atoms with Crippen LogP contribution in [0, 0.1) is 12.7 Å². The molecule has 0 aliphatic carbocycles. The first-order chi connectivity index (χ1) is 17.4. The molecule has 0 radical (unpaired) electrons. The highest BCUT2D eigenvalue weighted by atomic mass is 19.1. The van der Waals surface area contributed by atoms with Crippen molar-refractivity contribution in [3.8, 4) is 17.2 Å². The number of halogens is 1. The average molecular weight is 489 g/mol. The molecule has 0 saturated carbocycles. The molecule has 0 bridgehead atoms. The van der Waals surface area contributed by atoms with Crippen LogP contribution in [-0.2, 0) is 6.42 Å². The van der Waals surface area contributed by atoms with Crippen molar-refractivity contribution < 1.29 is 14.3 Å². The van der Waals surface area contributed by atoms with Gasteiger partial charge in [0.25, 0.3) is 5.91 Å². The van der Waals surface area contributed by atoms with Crippen LogP contribution in [0.2, 0.25) is 0 Å². The number of hydrogen-bond donors (Lipinski definition) is 2. The minimum Gasteiger partial charge on any atom is -0.396 e. The summed E-state index contributed by atoms with van der Waals surface area (Å²) >= 11 is 0. The van der Waals surface area contributed by atoms with Crippen LogP contribution < -0.4 is 5.32 Å². The fraction of sp³-hybridized carbons (Fsp3) is 0.333. The lowest BCUT2D eigenvalue weighted by molar-refractivity contribution is 0.102. The van der Waals surface area contributed by atoms with Crippen LogP contribution in [0.4, 0.5) is 10.2 Å². The zero-order chi connectivity index (χ0) is 25.4. The predicted molar refractivity (Wildman–Crippen MR) is 135 cm³/mol. The Hall–Kier alpha value is -3.85. The number of carbonyl (C=O) groups excluding carboxylic acids is 1. The highest BCUT2D eigenvalue weighted by Crippen LogP contribution is 2.34. The summed E-state index contributed by atoms with van der Waals surface area (Å²) in [7, 11) is 0. The molecule has 4 aromatic rings. The fourth-order valence-electron chi connectivity index (χ4n) is 4.74. The Morgan fingerprint density at radius 1 is 1.28 bits per heavy atom. The van der Waals surface area contributed by atoms with Gasteiger partial charge >= 0.3 is 0 Å². The van der Waals surface area contributed by atoms with Gasteiger partial charge in [0.1, 0.15) is 17.3 Å². The number of hydrogen-bond acceptors (Lipinski definition) is 5. The summed E-state index contributed by atoms with van der Waals surface area (Å²) in [6, 6.07) is 8.34. The minimum absolute atomic E-state index is 0.0766. The molecule has 5 rings (SSSR count). The van der Waals surface area contributed by atoms with Gasteiger partial charge in [-0.25, -0.2) is 19.3 Å². The summed E-state index contributed by atoms with van der Waals surface area (Å²) in [5.74, 6) is 0.0594. The Kier molecular flexibility index (Phi) is 6.40. The number of nitrogens with zero attached hydrogens (tertiary/aromatic N) is 5. The fourth-order valence-corrected chi connectivity index (χ4v) is 4.74. The van der Waals surface area contributed by atoms with Gasteiger partial charge in [-0.05, 0) is 61.9 Å². The number of aromatic nitrogens is 5. The van der Waals surface area contributed by atoms with Crippen molar-refractivity contribution in [1.82, 2.24) is 24.1 Å². The number of fused-ring (bicyclic) bond motifs is 1. The van der Waals surface area contributed by atoms with E-state index >= 15 is 0 Å². The van der Waals surface area contributed by atoms with Crippen LogP contribution in [-0.4, -0.2) is 41.7 Å². The molecule has 1 atom stereocenters. The molecule has 0 fully saturated rings. The van der Waals surface area contributed by atoms with Crippen LogP contribution in [0.15, 0.2) is 49.1 Å². The van der Waals surface area contributed by atoms with E-state index in [4.69, 9.17) is 0 Å². The number of anilines is 1. The van der Waals surface area contributed by atoms with E-state index in [9.17, 15) is 14.3 Å². The second-order valence-corrected chi connectivity index (χ2v) is 9.49. The lowest BCUT2D eigenvalue weighted by atomic mass is 10.1. The van der Waals surface area contributed by atoms with Gasteiger partial charge in [-0.2, -0.15) is 0 Å². The summed E-state index contributed by atoms with van der Waals surface area (Å²) in [6.07, 6.45) is 7.91. The molecule has 1 amide bonds. The number of aliphatic hydroxyl groups is 1. The molecule has 4 heterocycles. The van der Waals surface area contributed by atoms with Gasteiger partial charge in [-0.3, -0.25) is 4.79 Å². The number of amides is 1. The number of carbonyl (C=O) groups is 1. The van der Waals surface area contributed by atoms with Gasteiger partial charge in [0, 0.05) is 30.7 Å². The van der Waals surface area contributed by atoms with Gasteiger partial charge in [0.2, 0.25) is 0 Å². The Labute approximate surface area is 208 Å². The smallest absolute Gasteiger partial charge is 0.259 e. The maximum absolute atomic E-state index is 14.9. The number of imidazole rings is 2. The van der Waals surface area contributed by atoms with Crippen molar-refractivity contribution in [1.29, 1.82) is 0 Å². The first-order valence-corrected chi connectivity index (χ1v) is 12.2. The quantitative estimate of drug-likeness (QED) is 0.389. The van der Waals surface area contributed by atoms with Gasteiger partial charge in [0.05, 0.1) is 23.3 Å². The van der Waals surface area contributed by atoms with E-state index in [0.29, 0.717) is 35.0 Å². The summed E-state index contributed by atoms with van der Waals surface area (Å²) in [6.45, 7) is 6.00. The number of rotatable bonds is 7. The zero-order valence-electron chi connectivity index (χ0n) is 20.6. The SMILES string of the molecule is Cc1cc(F)c(C(=O)Nc2cccc(-c3ncc4n3[C@@H](CCO)CC4)n2)cc1-n1cnc(C(C)C)c1. The molecule has 0 unspecified atom stereocenters. The lowest BCUT2D eigenvalue weighted by Crippen LogP contribution is -2.16. The Morgan fingerprint density at radius 3 is 2.86 bits per heavy atom. The predicted octanol–water partition coefficient (Wildman–Crippen LogP) is 4.82. The second kappa shape index (κ2) is 9.66. The van der Waals surface area contributed by atoms with Gasteiger partial charge in [-0.15, -0.1) is 0 Å². The third-order valence-corrected chi connectivity index (χ3v) is 6.66. The van der Waals surface area contributed by atoms with Crippen LogP contribution in [0.1, 0.15) is 66.0 Å². The molecule has 1 aromatic carbocycles. The van der Waals surface area contributed by atoms with Crippen LogP contribution in [0.25, 0.3) is 17.2 Å². The van der Waals surface area contributed by atoms with Crippen molar-refractivity contribution in [2.45, 2.75) is 52.0 Å². The average Bonchev–Trinajstić information content (AvgIpc) is 3.57. The van der Waals surface area contributed by atoms with E-state index < -0.39 is 11.7 Å². The van der Waals surface area contributed by atoms with Gasteiger partial charge < -0.3 is 19.6 Å². The molecule has 9 heteroatoms. The Balaban J connectivity index is 1.42. The van der Waals surface area contributed by atoms with Crippen LogP contribution >= 0.6 is 0 Å². The van der Waals surface area contributed by atoms with Crippen molar-refractivity contribution >= 4 is 11.7 Å².